The Morgan fingerprint density at radius 1 is 1.08 bits per heavy atom. The van der Waals surface area contributed by atoms with Crippen LogP contribution in [0.5, 0.6) is 17.2 Å². The Bertz CT molecular complexity index is 1060. The van der Waals surface area contributed by atoms with Crippen molar-refractivity contribution in [1.29, 1.82) is 0 Å². The van der Waals surface area contributed by atoms with Gasteiger partial charge in [-0.15, -0.1) is 0 Å². The monoisotopic (exact) mass is 561 g/mol. The van der Waals surface area contributed by atoms with Crippen LogP contribution in [0.2, 0.25) is 0 Å². The summed E-state index contributed by atoms with van der Waals surface area (Å²) >= 11 is 3.52. The highest BCUT2D eigenvalue weighted by atomic mass is 79.9. The summed E-state index contributed by atoms with van der Waals surface area (Å²) < 4.78 is 17.9. The zero-order valence-corrected chi connectivity index (χ0v) is 23.3. The van der Waals surface area contributed by atoms with Gasteiger partial charge in [0.25, 0.3) is 11.8 Å². The van der Waals surface area contributed by atoms with E-state index >= 15 is 0 Å². The van der Waals surface area contributed by atoms with Gasteiger partial charge in [0.05, 0.1) is 23.4 Å². The zero-order valence-electron chi connectivity index (χ0n) is 21.8. The van der Waals surface area contributed by atoms with E-state index in [1.165, 1.54) is 6.21 Å². The van der Waals surface area contributed by atoms with Crippen molar-refractivity contribution >= 4 is 34.0 Å². The Balaban J connectivity index is 2.04. The van der Waals surface area contributed by atoms with Crippen LogP contribution in [-0.4, -0.2) is 43.4 Å². The molecule has 0 aliphatic carbocycles. The van der Waals surface area contributed by atoms with Crippen LogP contribution in [0.25, 0.3) is 0 Å². The van der Waals surface area contributed by atoms with Crippen LogP contribution in [0.3, 0.4) is 0 Å². The van der Waals surface area contributed by atoms with Crippen LogP contribution >= 0.6 is 15.9 Å². The molecule has 0 saturated carbocycles. The number of amides is 2. The van der Waals surface area contributed by atoms with Gasteiger partial charge in [-0.1, -0.05) is 32.0 Å². The third-order valence-electron chi connectivity index (χ3n) is 4.88. The van der Waals surface area contributed by atoms with Crippen molar-refractivity contribution in [2.75, 3.05) is 13.2 Å². The lowest BCUT2D eigenvalue weighted by Crippen LogP contribution is -2.47. The molecule has 0 heterocycles. The molecular weight excluding hydrogens is 526 g/mol. The van der Waals surface area contributed by atoms with Crippen molar-refractivity contribution < 1.29 is 23.8 Å². The van der Waals surface area contributed by atoms with E-state index < -0.39 is 11.9 Å². The number of hydrogen-bond acceptors (Lipinski definition) is 6. The number of rotatable bonds is 13. The number of benzene rings is 2. The van der Waals surface area contributed by atoms with Crippen molar-refractivity contribution in [3.05, 3.63) is 52.0 Å². The summed E-state index contributed by atoms with van der Waals surface area (Å²) in [6, 6.07) is 10.3. The molecule has 0 unspecified atom stereocenters. The van der Waals surface area contributed by atoms with E-state index in [2.05, 4.69) is 31.8 Å². The number of hydrazone groups is 1. The lowest BCUT2D eigenvalue weighted by molar-refractivity contribution is -0.130. The maximum atomic E-state index is 12.8. The second-order valence-corrected chi connectivity index (χ2v) is 9.82. The van der Waals surface area contributed by atoms with Gasteiger partial charge in [-0.25, -0.2) is 5.43 Å². The van der Waals surface area contributed by atoms with Crippen molar-refractivity contribution in [2.24, 2.45) is 11.0 Å². The van der Waals surface area contributed by atoms with Crippen molar-refractivity contribution in [1.82, 2.24) is 10.7 Å². The maximum Gasteiger partial charge on any atom is 0.262 e. The second-order valence-electron chi connectivity index (χ2n) is 8.97. The Labute approximate surface area is 221 Å². The average molecular weight is 563 g/mol. The summed E-state index contributed by atoms with van der Waals surface area (Å²) in [7, 11) is 0. The van der Waals surface area contributed by atoms with E-state index in [9.17, 15) is 9.59 Å². The molecule has 2 amide bonds. The summed E-state index contributed by atoms with van der Waals surface area (Å²) in [5.41, 5.74) is 4.17. The minimum absolute atomic E-state index is 0.0190. The van der Waals surface area contributed by atoms with Gasteiger partial charge >= 0.3 is 0 Å². The maximum absolute atomic E-state index is 12.8. The molecule has 2 N–H and O–H groups in total. The van der Waals surface area contributed by atoms with Crippen LogP contribution in [0, 0.1) is 12.8 Å². The number of nitrogens with one attached hydrogen (secondary N) is 2. The number of carbonyl (C=O) groups excluding carboxylic acids is 2. The molecule has 2 aromatic carbocycles. The van der Waals surface area contributed by atoms with Crippen molar-refractivity contribution in [3.63, 3.8) is 0 Å². The summed E-state index contributed by atoms with van der Waals surface area (Å²) in [5.74, 6) is 1.21. The number of ether oxygens (including phenoxy) is 3. The molecule has 0 aliphatic rings. The molecule has 0 aliphatic heterocycles. The number of hydrogen-bond donors (Lipinski definition) is 2. The summed E-state index contributed by atoms with van der Waals surface area (Å²) in [5, 5.41) is 6.84. The fourth-order valence-corrected chi connectivity index (χ4v) is 3.88. The Morgan fingerprint density at radius 3 is 2.44 bits per heavy atom. The fourth-order valence-electron chi connectivity index (χ4n) is 3.32. The predicted molar refractivity (Wildman–Crippen MR) is 145 cm³/mol. The number of para-hydroxylation sites is 1. The van der Waals surface area contributed by atoms with Crippen LogP contribution in [0.15, 0.2) is 46.0 Å². The molecule has 2 aromatic rings. The van der Waals surface area contributed by atoms with E-state index in [0.717, 1.165) is 5.56 Å². The second kappa shape index (κ2) is 14.5. The van der Waals surface area contributed by atoms with E-state index in [1.807, 2.05) is 65.8 Å². The highest BCUT2D eigenvalue weighted by Gasteiger charge is 2.22. The minimum atomic E-state index is -0.748. The first-order valence-corrected chi connectivity index (χ1v) is 12.8. The first kappa shape index (κ1) is 29.2. The largest absolute Gasteiger partial charge is 0.490 e. The predicted octanol–water partition coefficient (Wildman–Crippen LogP) is 5.00. The van der Waals surface area contributed by atoms with Gasteiger partial charge in [0.1, 0.15) is 11.8 Å². The Kier molecular flexibility index (Phi) is 11.7. The van der Waals surface area contributed by atoms with Gasteiger partial charge in [0, 0.05) is 0 Å². The average Bonchev–Trinajstić information content (AvgIpc) is 2.80. The van der Waals surface area contributed by atoms with Gasteiger partial charge in [-0.3, -0.25) is 9.59 Å². The quantitative estimate of drug-likeness (QED) is 0.265. The molecule has 0 aromatic heterocycles. The third kappa shape index (κ3) is 9.53. The molecular formula is C27H36BrN3O5. The normalized spacial score (nSPS) is 12.0. The molecule has 36 heavy (non-hydrogen) atoms. The van der Waals surface area contributed by atoms with Gasteiger partial charge in [0.2, 0.25) is 0 Å². The molecule has 1 atom stereocenters. The lowest BCUT2D eigenvalue weighted by Gasteiger charge is -2.19. The molecule has 0 radical (unpaired) electrons. The molecule has 0 fully saturated rings. The fraction of sp³-hybridized carbons (Fsp3) is 0.444. The van der Waals surface area contributed by atoms with Crippen molar-refractivity contribution in [3.8, 4) is 17.2 Å². The molecule has 196 valence electrons. The van der Waals surface area contributed by atoms with Crippen LogP contribution in [0.1, 0.15) is 52.2 Å². The van der Waals surface area contributed by atoms with Gasteiger partial charge in [-0.05, 0) is 85.3 Å². The first-order valence-electron chi connectivity index (χ1n) is 12.0. The number of nitrogens with zero attached hydrogens (tertiary/aromatic N) is 1. The lowest BCUT2D eigenvalue weighted by atomic mass is 10.0. The van der Waals surface area contributed by atoms with Gasteiger partial charge < -0.3 is 19.5 Å². The number of carbonyl (C=O) groups is 2. The van der Waals surface area contributed by atoms with Gasteiger partial charge in [0.15, 0.2) is 18.1 Å². The molecule has 0 saturated heterocycles. The first-order chi connectivity index (χ1) is 17.1. The van der Waals surface area contributed by atoms with E-state index in [0.29, 0.717) is 40.3 Å². The standard InChI is InChI=1S/C27H36BrN3O5/c1-7-34-24-14-20(13-21(28)26(24)36-18(4)5)15-29-31-27(33)22(12-17(2)3)30-25(32)16-35-23-11-9-8-10-19(23)6/h8-11,13-15,17-18,22H,7,12,16H2,1-6H3,(H,30,32)(H,31,33)/b29-15-/t22-/m1/s1. The number of aryl methyl sites for hydroxylation is 1. The number of halogens is 1. The molecule has 9 heteroatoms. The van der Waals surface area contributed by atoms with E-state index in [1.54, 1.807) is 12.1 Å². The molecule has 0 bridgehead atoms. The Hall–Kier alpha value is -3.07. The van der Waals surface area contributed by atoms with Crippen LogP contribution < -0.4 is 25.0 Å². The molecule has 8 nitrogen and oxygen atoms in total. The topological polar surface area (TPSA) is 98.2 Å². The summed E-state index contributed by atoms with van der Waals surface area (Å²) in [4.78, 5) is 25.3. The SMILES string of the molecule is CCOc1cc(/C=N\NC(=O)[C@@H](CC(C)C)NC(=O)COc2ccccc2C)cc(Br)c1OC(C)C. The van der Waals surface area contributed by atoms with Gasteiger partial charge in [-0.2, -0.15) is 5.10 Å². The highest BCUT2D eigenvalue weighted by Crippen LogP contribution is 2.37. The van der Waals surface area contributed by atoms with Crippen LogP contribution in [0.4, 0.5) is 0 Å². The van der Waals surface area contributed by atoms with Crippen LogP contribution in [-0.2, 0) is 9.59 Å². The summed E-state index contributed by atoms with van der Waals surface area (Å²) in [6.45, 7) is 11.9. The minimum Gasteiger partial charge on any atom is -0.490 e. The zero-order chi connectivity index (χ0) is 26.7. The smallest absolute Gasteiger partial charge is 0.262 e. The van der Waals surface area contributed by atoms with E-state index in [4.69, 9.17) is 14.2 Å². The Morgan fingerprint density at radius 2 is 1.81 bits per heavy atom. The van der Waals surface area contributed by atoms with E-state index in [-0.39, 0.29) is 24.5 Å². The molecule has 2 rings (SSSR count). The highest BCUT2D eigenvalue weighted by molar-refractivity contribution is 9.10. The van der Waals surface area contributed by atoms with Crippen molar-refractivity contribution in [2.45, 2.75) is 60.1 Å². The molecule has 0 spiro atoms. The third-order valence-corrected chi connectivity index (χ3v) is 5.47. The summed E-state index contributed by atoms with van der Waals surface area (Å²) in [6.07, 6.45) is 1.95.